The molecule has 3 heteroatoms. The van der Waals surface area contributed by atoms with E-state index in [1.54, 1.807) is 6.92 Å². The maximum atomic E-state index is 10.5. The molecular weight excluding hydrogens is 142 g/mol. The number of carbonyl (C=O) groups is 2. The molecule has 0 saturated heterocycles. The van der Waals surface area contributed by atoms with E-state index in [0.29, 0.717) is 0 Å². The minimum absolute atomic E-state index is 0.0152. The van der Waals surface area contributed by atoms with Crippen molar-refractivity contribution in [2.45, 2.75) is 20.8 Å². The van der Waals surface area contributed by atoms with Crippen LogP contribution in [-0.2, 0) is 9.59 Å². The summed E-state index contributed by atoms with van der Waals surface area (Å²) in [5.41, 5.74) is 0.729. The lowest BCUT2D eigenvalue weighted by Crippen LogP contribution is -2.19. The van der Waals surface area contributed by atoms with Crippen LogP contribution in [0, 0.1) is 0 Å². The third-order valence-electron chi connectivity index (χ3n) is 1.04. The molecule has 0 aliphatic heterocycles. The highest BCUT2D eigenvalue weighted by molar-refractivity contribution is 5.88. The number of hydrogen-bond donors (Lipinski definition) is 1. The monoisotopic (exact) mass is 155 g/mol. The van der Waals surface area contributed by atoms with Gasteiger partial charge in [-0.15, -0.1) is 0 Å². The Bertz CT molecular complexity index is 194. The molecule has 0 aromatic heterocycles. The summed E-state index contributed by atoms with van der Waals surface area (Å²) in [6, 6.07) is 0. The van der Waals surface area contributed by atoms with Crippen molar-refractivity contribution >= 4 is 11.6 Å². The summed E-state index contributed by atoms with van der Waals surface area (Å²) >= 11 is 0. The van der Waals surface area contributed by atoms with E-state index in [4.69, 9.17) is 0 Å². The zero-order chi connectivity index (χ0) is 8.85. The van der Waals surface area contributed by atoms with Crippen LogP contribution in [0.5, 0.6) is 0 Å². The van der Waals surface area contributed by atoms with E-state index in [0.717, 1.165) is 5.70 Å². The molecule has 0 aromatic rings. The van der Waals surface area contributed by atoms with Gasteiger partial charge >= 0.3 is 0 Å². The Balaban J connectivity index is 3.77. The molecule has 0 amide bonds. The van der Waals surface area contributed by atoms with Gasteiger partial charge in [-0.3, -0.25) is 9.59 Å². The SMILES string of the molecule is CC(=O)/C=C(\C)NCC(C)=O. The van der Waals surface area contributed by atoms with Crippen LogP contribution in [0.3, 0.4) is 0 Å². The second kappa shape index (κ2) is 4.66. The third-order valence-corrected chi connectivity index (χ3v) is 1.04. The molecule has 3 nitrogen and oxygen atoms in total. The van der Waals surface area contributed by atoms with Gasteiger partial charge in [-0.1, -0.05) is 0 Å². The number of rotatable bonds is 4. The molecule has 0 saturated carbocycles. The van der Waals surface area contributed by atoms with Crippen LogP contribution in [0.2, 0.25) is 0 Å². The van der Waals surface area contributed by atoms with Gasteiger partial charge in [-0.2, -0.15) is 0 Å². The maximum Gasteiger partial charge on any atom is 0.154 e. The Kier molecular flexibility index (Phi) is 4.18. The molecule has 0 aliphatic rings. The predicted octanol–water partition coefficient (Wildman–Crippen LogP) is 0.658. The fourth-order valence-electron chi connectivity index (χ4n) is 0.620. The molecule has 0 aromatic carbocycles. The van der Waals surface area contributed by atoms with Gasteiger partial charge in [0.1, 0.15) is 5.78 Å². The molecule has 0 unspecified atom stereocenters. The molecule has 0 heterocycles. The first-order valence-electron chi connectivity index (χ1n) is 3.44. The van der Waals surface area contributed by atoms with Crippen molar-refractivity contribution in [1.29, 1.82) is 0 Å². The van der Waals surface area contributed by atoms with Gasteiger partial charge in [0, 0.05) is 5.70 Å². The van der Waals surface area contributed by atoms with Crippen LogP contribution in [0.15, 0.2) is 11.8 Å². The summed E-state index contributed by atoms with van der Waals surface area (Å²) in [6.45, 7) is 5.01. The fourth-order valence-corrected chi connectivity index (χ4v) is 0.620. The Hall–Kier alpha value is -1.12. The van der Waals surface area contributed by atoms with E-state index >= 15 is 0 Å². The van der Waals surface area contributed by atoms with Gasteiger partial charge in [0.05, 0.1) is 6.54 Å². The number of Topliss-reactive ketones (excluding diaryl/α,β-unsaturated/α-hetero) is 1. The van der Waals surface area contributed by atoms with Crippen molar-refractivity contribution < 1.29 is 9.59 Å². The highest BCUT2D eigenvalue weighted by Crippen LogP contribution is 1.85. The van der Waals surface area contributed by atoms with E-state index in [1.807, 2.05) is 0 Å². The summed E-state index contributed by atoms with van der Waals surface area (Å²) in [5, 5.41) is 2.80. The second-order valence-corrected chi connectivity index (χ2v) is 2.49. The third kappa shape index (κ3) is 6.77. The van der Waals surface area contributed by atoms with E-state index in [2.05, 4.69) is 5.32 Å². The summed E-state index contributed by atoms with van der Waals surface area (Å²) in [6.07, 6.45) is 1.46. The molecule has 0 rings (SSSR count). The highest BCUT2D eigenvalue weighted by Gasteiger charge is 1.93. The van der Waals surface area contributed by atoms with Crippen molar-refractivity contribution in [1.82, 2.24) is 5.32 Å². The van der Waals surface area contributed by atoms with E-state index in [-0.39, 0.29) is 18.1 Å². The normalized spacial score (nSPS) is 11.0. The first kappa shape index (κ1) is 9.88. The summed E-state index contributed by atoms with van der Waals surface area (Å²) in [7, 11) is 0. The molecule has 11 heavy (non-hydrogen) atoms. The fraction of sp³-hybridized carbons (Fsp3) is 0.500. The Labute approximate surface area is 66.5 Å². The second-order valence-electron chi connectivity index (χ2n) is 2.49. The molecule has 0 bridgehead atoms. The minimum Gasteiger partial charge on any atom is -0.381 e. The van der Waals surface area contributed by atoms with E-state index < -0.39 is 0 Å². The van der Waals surface area contributed by atoms with Crippen LogP contribution in [0.4, 0.5) is 0 Å². The van der Waals surface area contributed by atoms with Crippen molar-refractivity contribution in [3.05, 3.63) is 11.8 Å². The number of carbonyl (C=O) groups excluding carboxylic acids is 2. The largest absolute Gasteiger partial charge is 0.381 e. The Morgan fingerprint density at radius 2 is 1.82 bits per heavy atom. The quantitative estimate of drug-likeness (QED) is 0.606. The molecule has 0 aliphatic carbocycles. The highest BCUT2D eigenvalue weighted by atomic mass is 16.1. The van der Waals surface area contributed by atoms with Crippen LogP contribution >= 0.6 is 0 Å². The molecule has 0 atom stereocenters. The molecular formula is C8H13NO2. The number of allylic oxidation sites excluding steroid dienone is 2. The maximum absolute atomic E-state index is 10.5. The number of ketones is 2. The Morgan fingerprint density at radius 3 is 2.18 bits per heavy atom. The van der Waals surface area contributed by atoms with Gasteiger partial charge in [-0.05, 0) is 26.8 Å². The Morgan fingerprint density at radius 1 is 1.27 bits per heavy atom. The van der Waals surface area contributed by atoms with Crippen molar-refractivity contribution in [3.63, 3.8) is 0 Å². The number of nitrogens with one attached hydrogen (secondary N) is 1. The van der Waals surface area contributed by atoms with Crippen LogP contribution in [0.25, 0.3) is 0 Å². The van der Waals surface area contributed by atoms with E-state index in [9.17, 15) is 9.59 Å². The number of hydrogen-bond acceptors (Lipinski definition) is 3. The van der Waals surface area contributed by atoms with Gasteiger partial charge in [0.15, 0.2) is 5.78 Å². The smallest absolute Gasteiger partial charge is 0.154 e. The van der Waals surface area contributed by atoms with Gasteiger partial charge in [0.25, 0.3) is 0 Å². The molecule has 0 spiro atoms. The summed E-state index contributed by atoms with van der Waals surface area (Å²) in [5.74, 6) is 0.0415. The standard InChI is InChI=1S/C8H13NO2/c1-6(4-7(2)10)9-5-8(3)11/h4,9H,5H2,1-3H3/b6-4+. The van der Waals surface area contributed by atoms with Gasteiger partial charge in [0.2, 0.25) is 0 Å². The van der Waals surface area contributed by atoms with Crippen molar-refractivity contribution in [2.75, 3.05) is 6.54 Å². The molecule has 0 radical (unpaired) electrons. The lowest BCUT2D eigenvalue weighted by molar-refractivity contribution is -0.116. The van der Waals surface area contributed by atoms with Crippen molar-refractivity contribution in [2.24, 2.45) is 0 Å². The lowest BCUT2D eigenvalue weighted by atomic mass is 10.3. The first-order chi connectivity index (χ1) is 5.02. The van der Waals surface area contributed by atoms with E-state index in [1.165, 1.54) is 19.9 Å². The zero-order valence-electron chi connectivity index (χ0n) is 7.10. The first-order valence-corrected chi connectivity index (χ1v) is 3.44. The lowest BCUT2D eigenvalue weighted by Gasteiger charge is -2.01. The average molecular weight is 155 g/mol. The topological polar surface area (TPSA) is 46.2 Å². The molecule has 1 N–H and O–H groups in total. The summed E-state index contributed by atoms with van der Waals surface area (Å²) < 4.78 is 0. The zero-order valence-corrected chi connectivity index (χ0v) is 7.10. The van der Waals surface area contributed by atoms with Crippen LogP contribution < -0.4 is 5.32 Å². The van der Waals surface area contributed by atoms with Crippen LogP contribution in [0.1, 0.15) is 20.8 Å². The minimum atomic E-state index is -0.0152. The van der Waals surface area contributed by atoms with Crippen molar-refractivity contribution in [3.8, 4) is 0 Å². The predicted molar refractivity (Wildman–Crippen MR) is 43.1 cm³/mol. The van der Waals surface area contributed by atoms with Gasteiger partial charge < -0.3 is 5.32 Å². The van der Waals surface area contributed by atoms with Gasteiger partial charge in [-0.25, -0.2) is 0 Å². The average Bonchev–Trinajstić information content (AvgIpc) is 1.82. The summed E-state index contributed by atoms with van der Waals surface area (Å²) in [4.78, 5) is 21.0. The van der Waals surface area contributed by atoms with Crippen LogP contribution in [-0.4, -0.2) is 18.1 Å². The molecule has 0 fully saturated rings. The molecule has 62 valence electrons.